The highest BCUT2D eigenvalue weighted by atomic mass is 32.1. The topological polar surface area (TPSA) is 0 Å². The van der Waals surface area contributed by atoms with Crippen LogP contribution in [0.3, 0.4) is 0 Å². The highest BCUT2D eigenvalue weighted by molar-refractivity contribution is 7.80. The molecular weight excluding hydrogens is 332 g/mol. The van der Waals surface area contributed by atoms with E-state index in [1.165, 1.54) is 141 Å². The first kappa shape index (κ1) is 24.4. The van der Waals surface area contributed by atoms with Crippen molar-refractivity contribution in [3.63, 3.8) is 0 Å². The first-order valence-corrected chi connectivity index (χ1v) is 13.0. The van der Waals surface area contributed by atoms with Crippen LogP contribution >= 0.6 is 12.6 Å². The van der Waals surface area contributed by atoms with Gasteiger partial charge < -0.3 is 0 Å². The van der Waals surface area contributed by atoms with Crippen LogP contribution in [0.2, 0.25) is 0 Å². The molecule has 2 unspecified atom stereocenters. The minimum atomic E-state index is 0.660. The Kier molecular flexibility index (Phi) is 17.5. The van der Waals surface area contributed by atoms with E-state index in [1.54, 1.807) is 0 Å². The molecule has 1 fully saturated rings. The van der Waals surface area contributed by atoms with Crippen LogP contribution in [-0.2, 0) is 0 Å². The molecule has 0 aromatic heterocycles. The molecule has 156 valence electrons. The Morgan fingerprint density at radius 2 is 0.654 bits per heavy atom. The summed E-state index contributed by atoms with van der Waals surface area (Å²) in [6, 6.07) is 0. The van der Waals surface area contributed by atoms with Crippen LogP contribution < -0.4 is 0 Å². The zero-order valence-electron chi connectivity index (χ0n) is 18.2. The van der Waals surface area contributed by atoms with Gasteiger partial charge in [-0.2, -0.15) is 12.6 Å². The summed E-state index contributed by atoms with van der Waals surface area (Å²) < 4.78 is 0. The predicted molar refractivity (Wildman–Crippen MR) is 124 cm³/mol. The molecule has 0 saturated heterocycles. The molecule has 0 amide bonds. The van der Waals surface area contributed by atoms with E-state index in [-0.39, 0.29) is 0 Å². The van der Waals surface area contributed by atoms with Crippen LogP contribution in [0.5, 0.6) is 0 Å². The molecule has 0 N–H and O–H groups in total. The first-order chi connectivity index (χ1) is 12.8. The van der Waals surface area contributed by atoms with E-state index < -0.39 is 0 Å². The van der Waals surface area contributed by atoms with E-state index in [0.29, 0.717) is 5.25 Å². The van der Waals surface area contributed by atoms with Gasteiger partial charge >= 0.3 is 0 Å². The maximum Gasteiger partial charge on any atom is 0.00168 e. The Bertz CT molecular complexity index is 249. The van der Waals surface area contributed by atoms with E-state index in [1.807, 2.05) is 0 Å². The maximum atomic E-state index is 4.84. The monoisotopic (exact) mass is 382 g/mol. The van der Waals surface area contributed by atoms with Crippen molar-refractivity contribution < 1.29 is 0 Å². The standard InChI is InChI=1S/C25H50S/c1-24-20-17-15-13-11-9-7-5-3-2-4-6-8-10-12-14-16-18-22-25(26)23-19-21-24/h24-26H,2-23H2,1H3. The number of rotatable bonds is 0. The van der Waals surface area contributed by atoms with Gasteiger partial charge in [0.15, 0.2) is 0 Å². The number of thiol groups is 1. The van der Waals surface area contributed by atoms with Gasteiger partial charge in [0.1, 0.15) is 0 Å². The van der Waals surface area contributed by atoms with Crippen molar-refractivity contribution in [1.82, 2.24) is 0 Å². The summed E-state index contributed by atoms with van der Waals surface area (Å²) in [5.74, 6) is 0.932. The normalized spacial score (nSPS) is 28.8. The predicted octanol–water partition coefficient (Wildman–Crippen LogP) is 9.52. The van der Waals surface area contributed by atoms with Crippen molar-refractivity contribution in [3.05, 3.63) is 0 Å². The summed E-state index contributed by atoms with van der Waals surface area (Å²) in [7, 11) is 0. The third-order valence-electron chi connectivity index (χ3n) is 6.47. The average Bonchev–Trinajstić information content (AvgIpc) is 2.63. The summed E-state index contributed by atoms with van der Waals surface area (Å²) in [4.78, 5) is 0. The molecule has 0 radical (unpaired) electrons. The summed E-state index contributed by atoms with van der Waals surface area (Å²) in [5, 5.41) is 0.660. The van der Waals surface area contributed by atoms with Gasteiger partial charge in [-0.1, -0.05) is 135 Å². The van der Waals surface area contributed by atoms with E-state index in [2.05, 4.69) is 6.92 Å². The van der Waals surface area contributed by atoms with Gasteiger partial charge in [0.25, 0.3) is 0 Å². The molecule has 0 aromatic rings. The second kappa shape index (κ2) is 18.7. The fraction of sp³-hybridized carbons (Fsp3) is 1.00. The molecule has 1 rings (SSSR count). The molecule has 1 heteroatoms. The van der Waals surface area contributed by atoms with Crippen molar-refractivity contribution in [3.8, 4) is 0 Å². The number of hydrogen-bond donors (Lipinski definition) is 1. The van der Waals surface area contributed by atoms with Crippen LogP contribution in [0.1, 0.15) is 148 Å². The summed E-state index contributed by atoms with van der Waals surface area (Å²) in [6.07, 6.45) is 32.0. The Morgan fingerprint density at radius 3 is 1.08 bits per heavy atom. The first-order valence-electron chi connectivity index (χ1n) is 12.5. The fourth-order valence-electron chi connectivity index (χ4n) is 4.52. The van der Waals surface area contributed by atoms with Crippen molar-refractivity contribution >= 4 is 12.6 Å². The van der Waals surface area contributed by atoms with E-state index >= 15 is 0 Å². The molecule has 1 aliphatic carbocycles. The summed E-state index contributed by atoms with van der Waals surface area (Å²) >= 11 is 4.84. The van der Waals surface area contributed by atoms with Crippen LogP contribution in [0.15, 0.2) is 0 Å². The van der Waals surface area contributed by atoms with E-state index in [0.717, 1.165) is 5.92 Å². The highest BCUT2D eigenvalue weighted by Gasteiger charge is 2.06. The zero-order valence-corrected chi connectivity index (χ0v) is 19.1. The lowest BCUT2D eigenvalue weighted by Gasteiger charge is -2.14. The molecule has 0 aromatic carbocycles. The van der Waals surface area contributed by atoms with Crippen molar-refractivity contribution in [2.75, 3.05) is 0 Å². The molecule has 0 spiro atoms. The summed E-state index contributed by atoms with van der Waals surface area (Å²) in [6.45, 7) is 2.47. The average molecular weight is 383 g/mol. The van der Waals surface area contributed by atoms with Crippen LogP contribution in [0, 0.1) is 5.92 Å². The van der Waals surface area contributed by atoms with Crippen LogP contribution in [-0.4, -0.2) is 5.25 Å². The third kappa shape index (κ3) is 16.5. The number of hydrogen-bond acceptors (Lipinski definition) is 1. The molecule has 0 aliphatic heterocycles. The van der Waals surface area contributed by atoms with Crippen molar-refractivity contribution in [2.24, 2.45) is 5.92 Å². The smallest absolute Gasteiger partial charge is 0.00168 e. The minimum Gasteiger partial charge on any atom is -0.176 e. The van der Waals surface area contributed by atoms with Gasteiger partial charge in [-0.15, -0.1) is 0 Å². The van der Waals surface area contributed by atoms with Gasteiger partial charge in [-0.05, 0) is 18.8 Å². The van der Waals surface area contributed by atoms with E-state index in [9.17, 15) is 0 Å². The van der Waals surface area contributed by atoms with Crippen LogP contribution in [0.25, 0.3) is 0 Å². The second-order valence-corrected chi connectivity index (χ2v) is 10.0. The third-order valence-corrected chi connectivity index (χ3v) is 6.98. The highest BCUT2D eigenvalue weighted by Crippen LogP contribution is 2.21. The second-order valence-electron chi connectivity index (χ2n) is 9.28. The molecular formula is C25H50S. The molecule has 1 aliphatic rings. The Hall–Kier alpha value is 0.350. The SMILES string of the molecule is CC1CCCCCCCCCCCCCCCCCCCC(S)CCC1. The lowest BCUT2D eigenvalue weighted by atomic mass is 9.95. The Labute approximate surface area is 172 Å². The molecule has 2 atom stereocenters. The van der Waals surface area contributed by atoms with Crippen LogP contribution in [0.4, 0.5) is 0 Å². The van der Waals surface area contributed by atoms with Gasteiger partial charge in [-0.3, -0.25) is 0 Å². The zero-order chi connectivity index (χ0) is 18.7. The summed E-state index contributed by atoms with van der Waals surface area (Å²) in [5.41, 5.74) is 0. The largest absolute Gasteiger partial charge is 0.176 e. The lowest BCUT2D eigenvalue weighted by molar-refractivity contribution is 0.431. The Balaban J connectivity index is 2.14. The molecule has 0 bridgehead atoms. The Morgan fingerprint density at radius 1 is 0.385 bits per heavy atom. The van der Waals surface area contributed by atoms with Gasteiger partial charge in [-0.25, -0.2) is 0 Å². The fourth-order valence-corrected chi connectivity index (χ4v) is 4.88. The van der Waals surface area contributed by atoms with E-state index in [4.69, 9.17) is 12.6 Å². The molecule has 1 saturated carbocycles. The molecule has 0 heterocycles. The maximum absolute atomic E-state index is 4.84. The van der Waals surface area contributed by atoms with Crippen molar-refractivity contribution in [1.29, 1.82) is 0 Å². The molecule has 0 nitrogen and oxygen atoms in total. The van der Waals surface area contributed by atoms with Crippen molar-refractivity contribution in [2.45, 2.75) is 153 Å². The molecule has 26 heavy (non-hydrogen) atoms. The van der Waals surface area contributed by atoms with Gasteiger partial charge in [0, 0.05) is 5.25 Å². The van der Waals surface area contributed by atoms with Gasteiger partial charge in [0.2, 0.25) is 0 Å². The van der Waals surface area contributed by atoms with Gasteiger partial charge in [0.05, 0.1) is 0 Å². The minimum absolute atomic E-state index is 0.660. The lowest BCUT2D eigenvalue weighted by Crippen LogP contribution is -2.01. The quantitative estimate of drug-likeness (QED) is 0.396.